The number of nitrogens with two attached hydrogens (primary N) is 1. The van der Waals surface area contributed by atoms with Gasteiger partial charge < -0.3 is 36.2 Å². The molecule has 1 amide bonds. The number of hydrogen-bond donors (Lipinski definition) is 6. The van der Waals surface area contributed by atoms with Gasteiger partial charge in [-0.05, 0) is 6.92 Å². The number of aliphatic hydroxyl groups is 4. The van der Waals surface area contributed by atoms with E-state index in [2.05, 4.69) is 5.32 Å². The SMILES string of the molecule is C[C@@H](N)C(=O)N[C@@H]1[C@H](O)[C@H](O)[C@H](CO)O[C@@H]1O. The van der Waals surface area contributed by atoms with E-state index >= 15 is 0 Å². The van der Waals surface area contributed by atoms with Crippen molar-refractivity contribution in [1.29, 1.82) is 0 Å². The van der Waals surface area contributed by atoms with Crippen molar-refractivity contribution in [3.63, 3.8) is 0 Å². The average molecular weight is 250 g/mol. The van der Waals surface area contributed by atoms with E-state index in [1.807, 2.05) is 0 Å². The van der Waals surface area contributed by atoms with E-state index in [0.717, 1.165) is 0 Å². The third-order valence-corrected chi connectivity index (χ3v) is 2.62. The zero-order valence-electron chi connectivity index (χ0n) is 9.35. The summed E-state index contributed by atoms with van der Waals surface area (Å²) in [6, 6.07) is -2.01. The minimum absolute atomic E-state index is 0.552. The Bertz CT molecular complexity index is 274. The Kier molecular flexibility index (Phi) is 4.80. The molecule has 1 heterocycles. The number of amides is 1. The van der Waals surface area contributed by atoms with Gasteiger partial charge in [0, 0.05) is 0 Å². The molecule has 0 bridgehead atoms. The lowest BCUT2D eigenvalue weighted by atomic mass is 9.97. The molecule has 0 saturated carbocycles. The highest BCUT2D eigenvalue weighted by molar-refractivity contribution is 5.81. The van der Waals surface area contributed by atoms with Crippen LogP contribution in [0.25, 0.3) is 0 Å². The van der Waals surface area contributed by atoms with Gasteiger partial charge in [-0.15, -0.1) is 0 Å². The molecule has 0 aromatic heterocycles. The lowest BCUT2D eigenvalue weighted by molar-refractivity contribution is -0.253. The van der Waals surface area contributed by atoms with Gasteiger partial charge in [0.15, 0.2) is 6.29 Å². The van der Waals surface area contributed by atoms with Crippen molar-refractivity contribution in [2.75, 3.05) is 6.61 Å². The summed E-state index contributed by atoms with van der Waals surface area (Å²) in [7, 11) is 0. The van der Waals surface area contributed by atoms with Crippen molar-refractivity contribution in [2.45, 2.75) is 43.6 Å². The second-order valence-corrected chi connectivity index (χ2v) is 4.05. The van der Waals surface area contributed by atoms with E-state index in [1.165, 1.54) is 6.92 Å². The molecule has 1 rings (SSSR count). The number of rotatable bonds is 3. The van der Waals surface area contributed by atoms with Crippen LogP contribution in [-0.2, 0) is 9.53 Å². The average Bonchev–Trinajstić information content (AvgIpc) is 2.28. The quantitative estimate of drug-likeness (QED) is 0.302. The van der Waals surface area contributed by atoms with Gasteiger partial charge in [-0.25, -0.2) is 0 Å². The van der Waals surface area contributed by atoms with Gasteiger partial charge in [0.25, 0.3) is 0 Å². The highest BCUT2D eigenvalue weighted by atomic mass is 16.6. The Morgan fingerprint density at radius 3 is 2.47 bits per heavy atom. The predicted molar refractivity (Wildman–Crippen MR) is 55.6 cm³/mol. The Morgan fingerprint density at radius 2 is 2.00 bits per heavy atom. The second kappa shape index (κ2) is 5.71. The summed E-state index contributed by atoms with van der Waals surface area (Å²) in [4.78, 5) is 11.3. The summed E-state index contributed by atoms with van der Waals surface area (Å²) in [5.41, 5.74) is 5.31. The molecule has 7 N–H and O–H groups in total. The molecule has 1 fully saturated rings. The first-order chi connectivity index (χ1) is 7.88. The molecule has 0 spiro atoms. The van der Waals surface area contributed by atoms with E-state index in [-0.39, 0.29) is 0 Å². The first kappa shape index (κ1) is 14.3. The molecular formula is C9H18N2O6. The predicted octanol–water partition coefficient (Wildman–Crippen LogP) is -3.75. The molecule has 17 heavy (non-hydrogen) atoms. The molecule has 0 unspecified atom stereocenters. The largest absolute Gasteiger partial charge is 0.394 e. The standard InChI is InChI=1S/C9H18N2O6/c1-3(10)8(15)11-5-7(14)6(13)4(2-12)17-9(5)16/h3-7,9,12-14,16H,2,10H2,1H3,(H,11,15)/t3-,4+,5-,6-,7+,9+/m1/s1. The summed E-state index contributed by atoms with van der Waals surface area (Å²) in [6.07, 6.45) is -5.46. The molecule has 0 aliphatic carbocycles. The number of carbonyl (C=O) groups is 1. The lowest BCUT2D eigenvalue weighted by Gasteiger charge is -2.40. The smallest absolute Gasteiger partial charge is 0.237 e. The lowest BCUT2D eigenvalue weighted by Crippen LogP contribution is -2.65. The first-order valence-corrected chi connectivity index (χ1v) is 5.25. The van der Waals surface area contributed by atoms with Crippen molar-refractivity contribution >= 4 is 5.91 Å². The van der Waals surface area contributed by atoms with Crippen LogP contribution in [-0.4, -0.2) is 69.6 Å². The Hall–Kier alpha value is -0.770. The van der Waals surface area contributed by atoms with Gasteiger partial charge in [-0.3, -0.25) is 4.79 Å². The highest BCUT2D eigenvalue weighted by Crippen LogP contribution is 2.19. The summed E-state index contributed by atoms with van der Waals surface area (Å²) in [6.45, 7) is 0.883. The second-order valence-electron chi connectivity index (χ2n) is 4.05. The van der Waals surface area contributed by atoms with Crippen LogP contribution in [0, 0.1) is 0 Å². The summed E-state index contributed by atoms with van der Waals surface area (Å²) in [5.74, 6) is -0.591. The topological polar surface area (TPSA) is 145 Å². The maximum Gasteiger partial charge on any atom is 0.237 e. The van der Waals surface area contributed by atoms with Gasteiger partial charge in [0.2, 0.25) is 5.91 Å². The molecule has 1 aliphatic heterocycles. The fraction of sp³-hybridized carbons (Fsp3) is 0.889. The van der Waals surface area contributed by atoms with Gasteiger partial charge in [-0.1, -0.05) is 0 Å². The van der Waals surface area contributed by atoms with Crippen molar-refractivity contribution in [1.82, 2.24) is 5.32 Å². The van der Waals surface area contributed by atoms with E-state index in [1.54, 1.807) is 0 Å². The van der Waals surface area contributed by atoms with Gasteiger partial charge >= 0.3 is 0 Å². The normalized spacial score (nSPS) is 39.8. The van der Waals surface area contributed by atoms with Crippen molar-refractivity contribution in [2.24, 2.45) is 5.73 Å². The van der Waals surface area contributed by atoms with Crippen molar-refractivity contribution in [3.05, 3.63) is 0 Å². The van der Waals surface area contributed by atoms with Crippen LogP contribution in [0.4, 0.5) is 0 Å². The van der Waals surface area contributed by atoms with Crippen LogP contribution < -0.4 is 11.1 Å². The molecule has 8 heteroatoms. The minimum Gasteiger partial charge on any atom is -0.394 e. The molecule has 100 valence electrons. The summed E-state index contributed by atoms with van der Waals surface area (Å²) < 4.78 is 4.85. The molecule has 0 aromatic carbocycles. The summed E-state index contributed by atoms with van der Waals surface area (Å²) >= 11 is 0. The zero-order valence-corrected chi connectivity index (χ0v) is 9.35. The fourth-order valence-electron chi connectivity index (χ4n) is 1.55. The monoisotopic (exact) mass is 250 g/mol. The number of ether oxygens (including phenoxy) is 1. The molecule has 0 aromatic rings. The molecule has 6 atom stereocenters. The Balaban J connectivity index is 2.69. The van der Waals surface area contributed by atoms with Gasteiger partial charge in [0.1, 0.15) is 24.4 Å². The third kappa shape index (κ3) is 3.12. The van der Waals surface area contributed by atoms with E-state index < -0.39 is 49.2 Å². The van der Waals surface area contributed by atoms with Gasteiger partial charge in [0.05, 0.1) is 12.6 Å². The van der Waals surface area contributed by atoms with Crippen LogP contribution in [0.5, 0.6) is 0 Å². The number of aliphatic hydroxyl groups excluding tert-OH is 4. The minimum atomic E-state index is -1.52. The Morgan fingerprint density at radius 1 is 1.41 bits per heavy atom. The van der Waals surface area contributed by atoms with Crippen molar-refractivity contribution in [3.8, 4) is 0 Å². The number of hydrogen-bond acceptors (Lipinski definition) is 7. The first-order valence-electron chi connectivity index (χ1n) is 5.25. The van der Waals surface area contributed by atoms with Crippen LogP contribution in [0.15, 0.2) is 0 Å². The third-order valence-electron chi connectivity index (χ3n) is 2.62. The molecule has 1 saturated heterocycles. The van der Waals surface area contributed by atoms with Crippen LogP contribution >= 0.6 is 0 Å². The summed E-state index contributed by atoms with van der Waals surface area (Å²) in [5, 5.41) is 39.9. The van der Waals surface area contributed by atoms with Crippen LogP contribution in [0.2, 0.25) is 0 Å². The molecule has 1 aliphatic rings. The van der Waals surface area contributed by atoms with Crippen LogP contribution in [0.1, 0.15) is 6.92 Å². The van der Waals surface area contributed by atoms with Crippen molar-refractivity contribution < 1.29 is 30.0 Å². The number of carbonyl (C=O) groups excluding carboxylic acids is 1. The molecule has 8 nitrogen and oxygen atoms in total. The van der Waals surface area contributed by atoms with Crippen LogP contribution in [0.3, 0.4) is 0 Å². The maximum absolute atomic E-state index is 11.3. The van der Waals surface area contributed by atoms with E-state index in [4.69, 9.17) is 15.6 Å². The fourth-order valence-corrected chi connectivity index (χ4v) is 1.55. The molecular weight excluding hydrogens is 232 g/mol. The maximum atomic E-state index is 11.3. The van der Waals surface area contributed by atoms with E-state index in [9.17, 15) is 20.1 Å². The molecule has 0 radical (unpaired) electrons. The Labute approximate surface area is 98.0 Å². The highest BCUT2D eigenvalue weighted by Gasteiger charge is 2.44. The zero-order chi connectivity index (χ0) is 13.2. The van der Waals surface area contributed by atoms with E-state index in [0.29, 0.717) is 0 Å². The van der Waals surface area contributed by atoms with Gasteiger partial charge in [-0.2, -0.15) is 0 Å². The number of nitrogens with one attached hydrogen (secondary N) is 1.